The minimum absolute atomic E-state index is 0.0479. The summed E-state index contributed by atoms with van der Waals surface area (Å²) in [5.74, 6) is 4.03. The average Bonchev–Trinajstić information content (AvgIpc) is 3.03. The molecule has 1 heteroatoms. The predicted molar refractivity (Wildman–Crippen MR) is 124 cm³/mol. The first kappa shape index (κ1) is 21.7. The van der Waals surface area contributed by atoms with E-state index in [1.165, 1.54) is 51.4 Å². The number of aliphatic hydroxyl groups excluding tert-OH is 1. The second-order valence-electron chi connectivity index (χ2n) is 12.2. The summed E-state index contributed by atoms with van der Waals surface area (Å²) in [6, 6.07) is 0. The summed E-state index contributed by atoms with van der Waals surface area (Å²) < 4.78 is 0. The second kappa shape index (κ2) is 7.85. The third kappa shape index (κ3) is 3.58. The molecule has 0 spiro atoms. The largest absolute Gasteiger partial charge is 0.393 e. The fraction of sp³-hybridized carbons (Fsp3) is 0.857. The maximum absolute atomic E-state index is 10.2. The van der Waals surface area contributed by atoms with Crippen molar-refractivity contribution in [1.29, 1.82) is 0 Å². The first-order valence-corrected chi connectivity index (χ1v) is 12.8. The minimum atomic E-state index is -0.0479. The number of allylic oxidation sites excluding steroid dienone is 4. The van der Waals surface area contributed by atoms with Gasteiger partial charge in [-0.2, -0.15) is 0 Å². The normalized spacial score (nSPS) is 41.5. The lowest BCUT2D eigenvalue weighted by atomic mass is 9.51. The van der Waals surface area contributed by atoms with E-state index >= 15 is 0 Å². The number of hydrogen-bond acceptors (Lipinski definition) is 1. The van der Waals surface area contributed by atoms with Gasteiger partial charge in [-0.05, 0) is 103 Å². The first-order valence-electron chi connectivity index (χ1n) is 12.8. The van der Waals surface area contributed by atoms with Gasteiger partial charge in [-0.3, -0.25) is 0 Å². The van der Waals surface area contributed by atoms with E-state index in [1.54, 1.807) is 11.1 Å². The topological polar surface area (TPSA) is 20.2 Å². The Bertz CT molecular complexity index is 684. The van der Waals surface area contributed by atoms with Crippen LogP contribution in [0.5, 0.6) is 0 Å². The Labute approximate surface area is 180 Å². The van der Waals surface area contributed by atoms with Crippen LogP contribution in [0.25, 0.3) is 0 Å². The van der Waals surface area contributed by atoms with Gasteiger partial charge in [0.2, 0.25) is 0 Å². The molecule has 1 fully saturated rings. The van der Waals surface area contributed by atoms with Gasteiger partial charge in [0, 0.05) is 0 Å². The zero-order valence-corrected chi connectivity index (χ0v) is 20.1. The van der Waals surface area contributed by atoms with Crippen LogP contribution in [0.15, 0.2) is 22.8 Å². The van der Waals surface area contributed by atoms with E-state index in [4.69, 9.17) is 0 Å². The molecule has 0 aromatic carbocycles. The summed E-state index contributed by atoms with van der Waals surface area (Å²) in [5, 5.41) is 10.2. The Morgan fingerprint density at radius 1 is 1.00 bits per heavy atom. The molecule has 1 nitrogen and oxygen atoms in total. The van der Waals surface area contributed by atoms with Crippen molar-refractivity contribution < 1.29 is 5.11 Å². The highest BCUT2D eigenvalue weighted by Gasteiger charge is 2.52. The van der Waals surface area contributed by atoms with E-state index < -0.39 is 0 Å². The number of fused-ring (bicyclic) bond motifs is 4. The molecule has 0 amide bonds. The SMILES string of the molecule is CC(C)C(C)CCC(C)C1CC=C2C3=C(CCC21C)C1(C)CC[C@H](O)C[C@@H]1CC3. The van der Waals surface area contributed by atoms with Crippen LogP contribution in [0.3, 0.4) is 0 Å². The van der Waals surface area contributed by atoms with Gasteiger partial charge >= 0.3 is 0 Å². The summed E-state index contributed by atoms with van der Waals surface area (Å²) in [4.78, 5) is 0. The molecular formula is C28H46O. The number of rotatable bonds is 5. The highest BCUT2D eigenvalue weighted by molar-refractivity contribution is 5.49. The van der Waals surface area contributed by atoms with Crippen molar-refractivity contribution in [3.05, 3.63) is 22.8 Å². The lowest BCUT2D eigenvalue weighted by molar-refractivity contribution is 0.0225. The predicted octanol–water partition coefficient (Wildman–Crippen LogP) is 7.70. The lowest BCUT2D eigenvalue weighted by Gasteiger charge is -2.54. The Kier molecular flexibility index (Phi) is 5.86. The van der Waals surface area contributed by atoms with Gasteiger partial charge in [0.25, 0.3) is 0 Å². The molecule has 1 N–H and O–H groups in total. The highest BCUT2D eigenvalue weighted by atomic mass is 16.3. The Morgan fingerprint density at radius 3 is 2.48 bits per heavy atom. The lowest BCUT2D eigenvalue weighted by Crippen LogP contribution is -2.44. The molecule has 4 rings (SSSR count). The molecule has 5 unspecified atom stereocenters. The molecule has 7 atom stereocenters. The van der Waals surface area contributed by atoms with Crippen molar-refractivity contribution in [3.8, 4) is 0 Å². The van der Waals surface area contributed by atoms with Gasteiger partial charge in [-0.25, -0.2) is 0 Å². The van der Waals surface area contributed by atoms with Crippen molar-refractivity contribution in [2.45, 2.75) is 112 Å². The van der Waals surface area contributed by atoms with Crippen molar-refractivity contribution in [3.63, 3.8) is 0 Å². The Morgan fingerprint density at radius 2 is 1.76 bits per heavy atom. The third-order valence-electron chi connectivity index (χ3n) is 10.4. The van der Waals surface area contributed by atoms with Crippen molar-refractivity contribution in [1.82, 2.24) is 0 Å². The average molecular weight is 399 g/mol. The monoisotopic (exact) mass is 398 g/mol. The quantitative estimate of drug-likeness (QED) is 0.503. The maximum atomic E-state index is 10.2. The van der Waals surface area contributed by atoms with Crippen LogP contribution in [0.2, 0.25) is 0 Å². The van der Waals surface area contributed by atoms with Crippen LogP contribution in [-0.2, 0) is 0 Å². The summed E-state index contributed by atoms with van der Waals surface area (Å²) in [5.41, 5.74) is 6.13. The van der Waals surface area contributed by atoms with Gasteiger partial charge < -0.3 is 5.11 Å². The van der Waals surface area contributed by atoms with Crippen LogP contribution in [0.4, 0.5) is 0 Å². The van der Waals surface area contributed by atoms with Gasteiger partial charge in [-0.15, -0.1) is 0 Å². The highest BCUT2D eigenvalue weighted by Crippen LogP contribution is 2.64. The molecule has 0 saturated heterocycles. The van der Waals surface area contributed by atoms with Crippen LogP contribution >= 0.6 is 0 Å². The van der Waals surface area contributed by atoms with E-state index in [-0.39, 0.29) is 6.10 Å². The van der Waals surface area contributed by atoms with Gasteiger partial charge in [0.1, 0.15) is 0 Å². The summed E-state index contributed by atoms with van der Waals surface area (Å²) >= 11 is 0. The van der Waals surface area contributed by atoms with Crippen LogP contribution in [0.1, 0.15) is 106 Å². The smallest absolute Gasteiger partial charge is 0.0543 e. The van der Waals surface area contributed by atoms with E-state index in [0.717, 1.165) is 36.5 Å². The summed E-state index contributed by atoms with van der Waals surface area (Å²) in [6.45, 7) is 14.9. The van der Waals surface area contributed by atoms with Crippen molar-refractivity contribution >= 4 is 0 Å². The third-order valence-corrected chi connectivity index (χ3v) is 10.4. The first-order chi connectivity index (χ1) is 13.7. The van der Waals surface area contributed by atoms with Crippen molar-refractivity contribution in [2.24, 2.45) is 40.4 Å². The van der Waals surface area contributed by atoms with E-state index in [0.29, 0.717) is 16.7 Å². The van der Waals surface area contributed by atoms with Gasteiger partial charge in [0.05, 0.1) is 6.10 Å². The Hall–Kier alpha value is -0.560. The fourth-order valence-electron chi connectivity index (χ4n) is 7.79. The Balaban J connectivity index is 1.53. The van der Waals surface area contributed by atoms with Gasteiger partial charge in [0.15, 0.2) is 0 Å². The molecule has 0 aromatic rings. The molecule has 0 radical (unpaired) electrons. The van der Waals surface area contributed by atoms with E-state index in [9.17, 15) is 5.11 Å². The van der Waals surface area contributed by atoms with Crippen molar-refractivity contribution in [2.75, 3.05) is 0 Å². The molecule has 0 aliphatic heterocycles. The summed E-state index contributed by atoms with van der Waals surface area (Å²) in [6.07, 6.45) is 15.2. The summed E-state index contributed by atoms with van der Waals surface area (Å²) in [7, 11) is 0. The second-order valence-corrected chi connectivity index (χ2v) is 12.2. The van der Waals surface area contributed by atoms with Crippen LogP contribution in [0, 0.1) is 40.4 Å². The molecule has 0 aromatic heterocycles. The number of hydrogen-bond donors (Lipinski definition) is 1. The standard InChI is InChI=1S/C28H46O/c1-18(2)19(3)7-8-20(4)24-11-12-25-23-10-9-21-17-22(29)13-15-27(21,5)26(23)14-16-28(24,25)6/h12,18-22,24,29H,7-11,13-17H2,1-6H3/t19?,20?,21-,22-,24?,27?,28?/m0/s1. The molecule has 0 heterocycles. The maximum Gasteiger partial charge on any atom is 0.0543 e. The molecule has 4 aliphatic rings. The molecular weight excluding hydrogens is 352 g/mol. The van der Waals surface area contributed by atoms with Crippen LogP contribution < -0.4 is 0 Å². The fourth-order valence-corrected chi connectivity index (χ4v) is 7.79. The van der Waals surface area contributed by atoms with Gasteiger partial charge in [-0.1, -0.05) is 66.0 Å². The molecule has 1 saturated carbocycles. The molecule has 29 heavy (non-hydrogen) atoms. The molecule has 164 valence electrons. The molecule has 0 bridgehead atoms. The van der Waals surface area contributed by atoms with E-state index in [2.05, 4.69) is 47.6 Å². The molecule has 4 aliphatic carbocycles. The zero-order valence-electron chi connectivity index (χ0n) is 20.1. The zero-order chi connectivity index (χ0) is 21.0. The minimum Gasteiger partial charge on any atom is -0.393 e. The van der Waals surface area contributed by atoms with E-state index in [1.807, 2.05) is 5.57 Å². The number of aliphatic hydroxyl groups is 1. The van der Waals surface area contributed by atoms with Crippen LogP contribution in [-0.4, -0.2) is 11.2 Å².